The van der Waals surface area contributed by atoms with Crippen molar-refractivity contribution in [2.45, 2.75) is 65.2 Å². The number of rotatable bonds is 13. The Morgan fingerprint density at radius 3 is 2.43 bits per heavy atom. The van der Waals surface area contributed by atoms with Gasteiger partial charge in [0.1, 0.15) is 11.0 Å². The van der Waals surface area contributed by atoms with Gasteiger partial charge in [0.25, 0.3) is 0 Å². The number of nitrogens with zero attached hydrogens (tertiary/aromatic N) is 2. The molecule has 2 heterocycles. The zero-order valence-electron chi connectivity index (χ0n) is 16.9. The molecule has 0 saturated carbocycles. The van der Waals surface area contributed by atoms with E-state index in [0.29, 0.717) is 13.2 Å². The normalized spacial score (nSPS) is 11.2. The third kappa shape index (κ3) is 5.45. The number of unbranched alkanes of at least 4 members (excludes halogenated alkanes) is 7. The van der Waals surface area contributed by atoms with Crippen LogP contribution in [0.2, 0.25) is 0 Å². The van der Waals surface area contributed by atoms with Crippen molar-refractivity contribution in [3.8, 4) is 21.9 Å². The SMILES string of the molecule is CCCCCCCCCCOc1cc2nsnc2c(-c2cccs2)c1OCC. The number of fused-ring (bicyclic) bond motifs is 1. The monoisotopic (exact) mass is 418 g/mol. The van der Waals surface area contributed by atoms with Crippen molar-refractivity contribution in [2.75, 3.05) is 13.2 Å². The number of ether oxygens (including phenoxy) is 2. The van der Waals surface area contributed by atoms with Crippen LogP contribution in [0, 0.1) is 0 Å². The van der Waals surface area contributed by atoms with E-state index in [4.69, 9.17) is 9.47 Å². The summed E-state index contributed by atoms with van der Waals surface area (Å²) in [5, 5.41) is 2.07. The molecule has 0 N–H and O–H groups in total. The molecule has 3 aromatic rings. The highest BCUT2D eigenvalue weighted by Crippen LogP contribution is 2.45. The Morgan fingerprint density at radius 1 is 0.929 bits per heavy atom. The van der Waals surface area contributed by atoms with Crippen molar-refractivity contribution in [2.24, 2.45) is 0 Å². The molecule has 0 bridgehead atoms. The number of hydrogen-bond donors (Lipinski definition) is 0. The fraction of sp³-hybridized carbons (Fsp3) is 0.545. The Labute approximate surface area is 176 Å². The summed E-state index contributed by atoms with van der Waals surface area (Å²) < 4.78 is 21.1. The van der Waals surface area contributed by atoms with E-state index in [1.54, 1.807) is 11.3 Å². The van der Waals surface area contributed by atoms with Gasteiger partial charge in [0, 0.05) is 10.9 Å². The summed E-state index contributed by atoms with van der Waals surface area (Å²) in [7, 11) is 0. The summed E-state index contributed by atoms with van der Waals surface area (Å²) in [6.07, 6.45) is 10.3. The summed E-state index contributed by atoms with van der Waals surface area (Å²) in [6.45, 7) is 5.57. The Morgan fingerprint density at radius 2 is 1.71 bits per heavy atom. The fourth-order valence-corrected chi connectivity index (χ4v) is 4.65. The first-order chi connectivity index (χ1) is 13.8. The Balaban J connectivity index is 1.65. The van der Waals surface area contributed by atoms with Crippen LogP contribution in [0.5, 0.6) is 11.5 Å². The maximum Gasteiger partial charge on any atom is 0.172 e. The lowest BCUT2D eigenvalue weighted by Gasteiger charge is -2.15. The molecule has 0 aliphatic rings. The first-order valence-electron chi connectivity index (χ1n) is 10.4. The Bertz CT molecular complexity index is 831. The van der Waals surface area contributed by atoms with Gasteiger partial charge in [-0.3, -0.25) is 0 Å². The molecule has 2 aromatic heterocycles. The molecular formula is C22H30N2O2S2. The molecular weight excluding hydrogens is 388 g/mol. The van der Waals surface area contributed by atoms with Crippen molar-refractivity contribution in [3.63, 3.8) is 0 Å². The second kappa shape index (κ2) is 11.4. The molecule has 0 fully saturated rings. The van der Waals surface area contributed by atoms with Gasteiger partial charge in [0.15, 0.2) is 11.5 Å². The molecule has 4 nitrogen and oxygen atoms in total. The number of aromatic nitrogens is 2. The molecule has 0 amide bonds. The first-order valence-corrected chi connectivity index (χ1v) is 12.0. The van der Waals surface area contributed by atoms with E-state index in [2.05, 4.69) is 33.2 Å². The third-order valence-corrected chi connectivity index (χ3v) is 6.21. The minimum absolute atomic E-state index is 0.593. The van der Waals surface area contributed by atoms with Gasteiger partial charge in [-0.1, -0.05) is 57.9 Å². The van der Waals surface area contributed by atoms with E-state index >= 15 is 0 Å². The van der Waals surface area contributed by atoms with Crippen LogP contribution in [-0.4, -0.2) is 22.0 Å². The van der Waals surface area contributed by atoms with Crippen molar-refractivity contribution < 1.29 is 9.47 Å². The van der Waals surface area contributed by atoms with Crippen LogP contribution in [0.4, 0.5) is 0 Å². The van der Waals surface area contributed by atoms with Gasteiger partial charge >= 0.3 is 0 Å². The predicted molar refractivity (Wildman–Crippen MR) is 120 cm³/mol. The average Bonchev–Trinajstić information content (AvgIpc) is 3.39. The lowest BCUT2D eigenvalue weighted by Crippen LogP contribution is -2.03. The minimum Gasteiger partial charge on any atom is -0.490 e. The topological polar surface area (TPSA) is 44.2 Å². The zero-order chi connectivity index (χ0) is 19.6. The summed E-state index contributed by atoms with van der Waals surface area (Å²) >= 11 is 2.92. The standard InChI is InChI=1S/C22H30N2O2S2/c1-3-5-6-7-8-9-10-11-14-26-18-16-17-21(24-28-23-17)20(22(18)25-4-2)19-13-12-15-27-19/h12-13,15-16H,3-11,14H2,1-2H3. The number of benzene rings is 1. The van der Waals surface area contributed by atoms with Gasteiger partial charge < -0.3 is 9.47 Å². The highest BCUT2D eigenvalue weighted by atomic mass is 32.1. The van der Waals surface area contributed by atoms with Crippen LogP contribution in [0.1, 0.15) is 65.2 Å². The lowest BCUT2D eigenvalue weighted by molar-refractivity contribution is 0.271. The Kier molecular flexibility index (Phi) is 8.55. The van der Waals surface area contributed by atoms with Crippen molar-refractivity contribution in [1.29, 1.82) is 0 Å². The molecule has 6 heteroatoms. The summed E-state index contributed by atoms with van der Waals surface area (Å²) in [6, 6.07) is 6.13. The van der Waals surface area contributed by atoms with Crippen LogP contribution >= 0.6 is 23.1 Å². The van der Waals surface area contributed by atoms with Crippen LogP contribution in [-0.2, 0) is 0 Å². The molecule has 0 atom stereocenters. The van der Waals surface area contributed by atoms with E-state index < -0.39 is 0 Å². The van der Waals surface area contributed by atoms with Gasteiger partial charge in [-0.2, -0.15) is 8.75 Å². The zero-order valence-corrected chi connectivity index (χ0v) is 18.5. The highest BCUT2D eigenvalue weighted by molar-refractivity contribution is 7.13. The molecule has 0 saturated heterocycles. The highest BCUT2D eigenvalue weighted by Gasteiger charge is 2.21. The molecule has 28 heavy (non-hydrogen) atoms. The van der Waals surface area contributed by atoms with E-state index in [0.717, 1.165) is 39.4 Å². The van der Waals surface area contributed by atoms with E-state index in [9.17, 15) is 0 Å². The second-order valence-corrected chi connectivity index (χ2v) is 8.42. The van der Waals surface area contributed by atoms with Crippen molar-refractivity contribution in [3.05, 3.63) is 23.6 Å². The molecule has 0 spiro atoms. The average molecular weight is 419 g/mol. The summed E-state index contributed by atoms with van der Waals surface area (Å²) in [5.74, 6) is 1.58. The lowest BCUT2D eigenvalue weighted by atomic mass is 10.1. The van der Waals surface area contributed by atoms with Crippen LogP contribution < -0.4 is 9.47 Å². The molecule has 0 unspecified atom stereocenters. The van der Waals surface area contributed by atoms with Gasteiger partial charge in [-0.25, -0.2) is 0 Å². The summed E-state index contributed by atoms with van der Waals surface area (Å²) in [5.41, 5.74) is 2.78. The molecule has 0 aliphatic heterocycles. The van der Waals surface area contributed by atoms with E-state index in [1.165, 1.54) is 56.7 Å². The van der Waals surface area contributed by atoms with Crippen molar-refractivity contribution in [1.82, 2.24) is 8.75 Å². The quantitative estimate of drug-likeness (QED) is 0.272. The van der Waals surface area contributed by atoms with Crippen LogP contribution in [0.15, 0.2) is 23.6 Å². The molecule has 1 aromatic carbocycles. The molecule has 0 radical (unpaired) electrons. The van der Waals surface area contributed by atoms with Crippen LogP contribution in [0.25, 0.3) is 21.5 Å². The molecule has 152 valence electrons. The fourth-order valence-electron chi connectivity index (χ4n) is 3.35. The van der Waals surface area contributed by atoms with Gasteiger partial charge in [-0.15, -0.1) is 11.3 Å². The van der Waals surface area contributed by atoms with Crippen LogP contribution in [0.3, 0.4) is 0 Å². The third-order valence-electron chi connectivity index (χ3n) is 4.78. The van der Waals surface area contributed by atoms with E-state index in [-0.39, 0.29) is 0 Å². The maximum atomic E-state index is 6.17. The number of hydrogen-bond acceptors (Lipinski definition) is 6. The predicted octanol–water partition coefficient (Wildman–Crippen LogP) is 7.34. The second-order valence-electron chi connectivity index (χ2n) is 6.94. The molecule has 0 aliphatic carbocycles. The maximum absolute atomic E-state index is 6.17. The van der Waals surface area contributed by atoms with Gasteiger partial charge in [0.2, 0.25) is 0 Å². The van der Waals surface area contributed by atoms with Gasteiger partial charge in [-0.05, 0) is 24.8 Å². The molecule has 3 rings (SSSR count). The first kappa shape index (κ1) is 21.1. The summed E-state index contributed by atoms with van der Waals surface area (Å²) in [4.78, 5) is 1.14. The van der Waals surface area contributed by atoms with Gasteiger partial charge in [0.05, 0.1) is 30.5 Å². The smallest absolute Gasteiger partial charge is 0.172 e. The Hall–Kier alpha value is -1.66. The van der Waals surface area contributed by atoms with E-state index in [1.807, 2.05) is 13.0 Å². The van der Waals surface area contributed by atoms with Crippen molar-refractivity contribution >= 4 is 34.1 Å². The minimum atomic E-state index is 0.593. The number of thiophene rings is 1. The largest absolute Gasteiger partial charge is 0.490 e.